The summed E-state index contributed by atoms with van der Waals surface area (Å²) in [6.45, 7) is 4.33. The third-order valence-corrected chi connectivity index (χ3v) is 2.04. The molecule has 0 N–H and O–H groups in total. The second-order valence-corrected chi connectivity index (χ2v) is 3.35. The molecule has 0 heterocycles. The maximum atomic E-state index is 10.3. The van der Waals surface area contributed by atoms with Crippen LogP contribution in [0.3, 0.4) is 0 Å². The summed E-state index contributed by atoms with van der Waals surface area (Å²) < 4.78 is 0. The van der Waals surface area contributed by atoms with Crippen molar-refractivity contribution in [1.82, 2.24) is 0 Å². The zero-order chi connectivity index (χ0) is 8.97. The number of benzene rings is 1. The summed E-state index contributed by atoms with van der Waals surface area (Å²) in [7, 11) is 0. The standard InChI is InChI=1S/C11H15O/c1-9(2)11-5-3-10(4-6-11)7-8-12/h3-6,9H,7-8H2,1-2H3. The van der Waals surface area contributed by atoms with E-state index in [2.05, 4.69) is 26.0 Å². The van der Waals surface area contributed by atoms with Gasteiger partial charge in [0.1, 0.15) is 0 Å². The monoisotopic (exact) mass is 163 g/mol. The van der Waals surface area contributed by atoms with E-state index in [1.165, 1.54) is 5.56 Å². The predicted octanol–water partition coefficient (Wildman–Crippen LogP) is 2.78. The highest BCUT2D eigenvalue weighted by Crippen LogP contribution is 2.14. The third kappa shape index (κ3) is 2.35. The Hall–Kier alpha value is -0.820. The third-order valence-electron chi connectivity index (χ3n) is 2.04. The van der Waals surface area contributed by atoms with Gasteiger partial charge in [-0.2, -0.15) is 0 Å². The molecule has 0 spiro atoms. The van der Waals surface area contributed by atoms with Gasteiger partial charge in [-0.15, -0.1) is 0 Å². The molecule has 0 amide bonds. The van der Waals surface area contributed by atoms with E-state index in [0.717, 1.165) is 5.56 Å². The Kier molecular flexibility index (Phi) is 3.30. The van der Waals surface area contributed by atoms with Crippen LogP contribution in [0.5, 0.6) is 0 Å². The Morgan fingerprint density at radius 3 is 2.17 bits per heavy atom. The molecule has 1 aromatic rings. The molecule has 0 bridgehead atoms. The van der Waals surface area contributed by atoms with Gasteiger partial charge in [-0.3, -0.25) is 0 Å². The van der Waals surface area contributed by atoms with Crippen molar-refractivity contribution in [1.29, 1.82) is 0 Å². The Bertz CT molecular complexity index is 223. The summed E-state index contributed by atoms with van der Waals surface area (Å²) in [6, 6.07) is 8.31. The molecule has 65 valence electrons. The van der Waals surface area contributed by atoms with E-state index in [0.29, 0.717) is 12.3 Å². The summed E-state index contributed by atoms with van der Waals surface area (Å²) in [5.74, 6) is 0.575. The maximum absolute atomic E-state index is 10.3. The van der Waals surface area contributed by atoms with Crippen molar-refractivity contribution in [2.45, 2.75) is 26.2 Å². The molecule has 12 heavy (non-hydrogen) atoms. The van der Waals surface area contributed by atoms with E-state index in [1.54, 1.807) is 0 Å². The summed E-state index contributed by atoms with van der Waals surface area (Å²) in [5.41, 5.74) is 2.49. The summed E-state index contributed by atoms with van der Waals surface area (Å²) in [6.07, 6.45) is 0.651. The minimum absolute atomic E-state index is 0.0129. The number of hydrogen-bond acceptors (Lipinski definition) is 0. The van der Waals surface area contributed by atoms with Crippen LogP contribution in [0.4, 0.5) is 0 Å². The SMILES string of the molecule is CC(C)c1ccc(CC[O])cc1. The molecule has 0 aliphatic rings. The predicted molar refractivity (Wildman–Crippen MR) is 49.8 cm³/mol. The minimum Gasteiger partial charge on any atom is -0.236 e. The average molecular weight is 163 g/mol. The Balaban J connectivity index is 2.71. The van der Waals surface area contributed by atoms with Crippen LogP contribution in [0.15, 0.2) is 24.3 Å². The van der Waals surface area contributed by atoms with E-state index in [4.69, 9.17) is 0 Å². The van der Waals surface area contributed by atoms with Gasteiger partial charge < -0.3 is 0 Å². The summed E-state index contributed by atoms with van der Waals surface area (Å²) in [5, 5.41) is 10.3. The molecule has 0 atom stereocenters. The molecule has 0 unspecified atom stereocenters. The van der Waals surface area contributed by atoms with E-state index < -0.39 is 0 Å². The van der Waals surface area contributed by atoms with Gasteiger partial charge in [0.15, 0.2) is 0 Å². The van der Waals surface area contributed by atoms with Gasteiger partial charge in [-0.25, -0.2) is 5.11 Å². The average Bonchev–Trinajstić information content (AvgIpc) is 2.06. The Morgan fingerprint density at radius 1 is 1.17 bits per heavy atom. The first kappa shape index (κ1) is 9.27. The van der Waals surface area contributed by atoms with Crippen LogP contribution >= 0.6 is 0 Å². The Labute approximate surface area is 74.1 Å². The Morgan fingerprint density at radius 2 is 1.75 bits per heavy atom. The first-order chi connectivity index (χ1) is 5.74. The molecule has 0 fully saturated rings. The lowest BCUT2D eigenvalue weighted by atomic mass is 10.0. The summed E-state index contributed by atoms with van der Waals surface area (Å²) in [4.78, 5) is 0. The van der Waals surface area contributed by atoms with E-state index in [9.17, 15) is 5.11 Å². The second kappa shape index (κ2) is 4.27. The van der Waals surface area contributed by atoms with E-state index >= 15 is 0 Å². The summed E-state index contributed by atoms with van der Waals surface area (Å²) >= 11 is 0. The molecule has 1 aromatic carbocycles. The first-order valence-electron chi connectivity index (χ1n) is 4.41. The van der Waals surface area contributed by atoms with Crippen LogP contribution in [-0.2, 0) is 11.5 Å². The van der Waals surface area contributed by atoms with Gasteiger partial charge in [0.2, 0.25) is 0 Å². The fourth-order valence-corrected chi connectivity index (χ4v) is 1.19. The normalized spacial score (nSPS) is 10.7. The van der Waals surface area contributed by atoms with Crippen LogP contribution < -0.4 is 0 Å². The highest BCUT2D eigenvalue weighted by molar-refractivity contribution is 5.24. The van der Waals surface area contributed by atoms with Gasteiger partial charge in [-0.05, 0) is 23.5 Å². The van der Waals surface area contributed by atoms with Crippen molar-refractivity contribution in [3.63, 3.8) is 0 Å². The quantitative estimate of drug-likeness (QED) is 0.653. The van der Waals surface area contributed by atoms with Crippen molar-refractivity contribution < 1.29 is 5.11 Å². The second-order valence-electron chi connectivity index (χ2n) is 3.35. The van der Waals surface area contributed by atoms with Crippen LogP contribution in [-0.4, -0.2) is 6.61 Å². The van der Waals surface area contributed by atoms with E-state index in [1.807, 2.05) is 12.1 Å². The topological polar surface area (TPSA) is 19.9 Å². The highest BCUT2D eigenvalue weighted by Gasteiger charge is 1.97. The zero-order valence-electron chi connectivity index (χ0n) is 7.71. The lowest BCUT2D eigenvalue weighted by Gasteiger charge is -2.05. The van der Waals surface area contributed by atoms with Crippen LogP contribution in [0.1, 0.15) is 30.9 Å². The van der Waals surface area contributed by atoms with Crippen LogP contribution in [0.25, 0.3) is 0 Å². The van der Waals surface area contributed by atoms with Crippen molar-refractivity contribution >= 4 is 0 Å². The molecule has 1 heteroatoms. The number of hydrogen-bond donors (Lipinski definition) is 0. The zero-order valence-corrected chi connectivity index (χ0v) is 7.71. The minimum atomic E-state index is -0.0129. The van der Waals surface area contributed by atoms with Gasteiger partial charge >= 0.3 is 0 Å². The molecule has 1 radical (unpaired) electrons. The highest BCUT2D eigenvalue weighted by atomic mass is 16.2. The number of rotatable bonds is 3. The van der Waals surface area contributed by atoms with Gasteiger partial charge in [0.05, 0.1) is 6.61 Å². The molecule has 0 saturated heterocycles. The molecular formula is C11H15O. The molecule has 1 nitrogen and oxygen atoms in total. The van der Waals surface area contributed by atoms with Crippen molar-refractivity contribution in [3.05, 3.63) is 35.4 Å². The van der Waals surface area contributed by atoms with Crippen molar-refractivity contribution in [2.75, 3.05) is 6.61 Å². The lowest BCUT2D eigenvalue weighted by molar-refractivity contribution is 0.197. The van der Waals surface area contributed by atoms with Gasteiger partial charge in [0, 0.05) is 0 Å². The first-order valence-corrected chi connectivity index (χ1v) is 4.41. The fraction of sp³-hybridized carbons (Fsp3) is 0.455. The molecule has 1 rings (SSSR count). The van der Waals surface area contributed by atoms with Crippen molar-refractivity contribution in [2.24, 2.45) is 0 Å². The molecule has 0 aliphatic carbocycles. The largest absolute Gasteiger partial charge is 0.236 e. The lowest BCUT2D eigenvalue weighted by Crippen LogP contribution is -1.91. The molecule has 0 saturated carbocycles. The maximum Gasteiger partial charge on any atom is 0.0862 e. The fourth-order valence-electron chi connectivity index (χ4n) is 1.19. The molecule has 0 aromatic heterocycles. The van der Waals surface area contributed by atoms with Gasteiger partial charge in [-0.1, -0.05) is 38.1 Å². The molecule has 0 aliphatic heterocycles. The smallest absolute Gasteiger partial charge is 0.0862 e. The van der Waals surface area contributed by atoms with Gasteiger partial charge in [0.25, 0.3) is 0 Å². The molecular weight excluding hydrogens is 148 g/mol. The van der Waals surface area contributed by atoms with Crippen LogP contribution in [0.2, 0.25) is 0 Å². The van der Waals surface area contributed by atoms with E-state index in [-0.39, 0.29) is 6.61 Å². The van der Waals surface area contributed by atoms with Crippen molar-refractivity contribution in [3.8, 4) is 0 Å². The van der Waals surface area contributed by atoms with Crippen LogP contribution in [0, 0.1) is 0 Å².